The fourth-order valence-corrected chi connectivity index (χ4v) is 2.07. The van der Waals surface area contributed by atoms with Gasteiger partial charge in [0.25, 0.3) is 0 Å². The molecule has 0 saturated heterocycles. The van der Waals surface area contributed by atoms with E-state index in [9.17, 15) is 0 Å². The number of nitrogens with one attached hydrogen (secondary N) is 1. The Morgan fingerprint density at radius 1 is 1.35 bits per heavy atom. The molecule has 1 unspecified atom stereocenters. The summed E-state index contributed by atoms with van der Waals surface area (Å²) in [6.07, 6.45) is 3.50. The third-order valence-electron chi connectivity index (χ3n) is 2.90. The highest BCUT2D eigenvalue weighted by molar-refractivity contribution is 5.59. The van der Waals surface area contributed by atoms with E-state index in [1.165, 1.54) is 0 Å². The summed E-state index contributed by atoms with van der Waals surface area (Å²) in [6, 6.07) is 9.87. The average Bonchev–Trinajstić information content (AvgIpc) is 2.88. The van der Waals surface area contributed by atoms with Crippen LogP contribution in [0.3, 0.4) is 0 Å². The van der Waals surface area contributed by atoms with Gasteiger partial charge >= 0.3 is 0 Å². The first-order valence-corrected chi connectivity index (χ1v) is 6.99. The average molecular weight is 274 g/mol. The van der Waals surface area contributed by atoms with Crippen molar-refractivity contribution in [3.05, 3.63) is 42.4 Å². The predicted octanol–water partition coefficient (Wildman–Crippen LogP) is 3.69. The fourth-order valence-electron chi connectivity index (χ4n) is 2.07. The van der Waals surface area contributed by atoms with Crippen LogP contribution in [0.25, 0.3) is 0 Å². The molecule has 4 nitrogen and oxygen atoms in total. The molecule has 3 N–H and O–H groups in total. The molecule has 2 aromatic rings. The molecule has 1 atom stereocenters. The summed E-state index contributed by atoms with van der Waals surface area (Å²) in [6.45, 7) is 4.89. The van der Waals surface area contributed by atoms with E-state index < -0.39 is 0 Å². The zero-order chi connectivity index (χ0) is 14.4. The van der Waals surface area contributed by atoms with Crippen molar-refractivity contribution < 1.29 is 9.15 Å². The molecule has 0 aliphatic heterocycles. The third-order valence-corrected chi connectivity index (χ3v) is 2.90. The monoisotopic (exact) mass is 274 g/mol. The lowest BCUT2D eigenvalue weighted by atomic mass is 10.1. The topological polar surface area (TPSA) is 60.4 Å². The molecule has 1 heterocycles. The maximum atomic E-state index is 5.90. The Morgan fingerprint density at radius 2 is 2.20 bits per heavy atom. The molecule has 108 valence electrons. The molecule has 0 saturated carbocycles. The molecule has 2 rings (SSSR count). The van der Waals surface area contributed by atoms with E-state index in [1.807, 2.05) is 30.3 Å². The molecule has 0 spiro atoms. The van der Waals surface area contributed by atoms with Gasteiger partial charge in [-0.1, -0.05) is 6.92 Å². The second-order valence-electron chi connectivity index (χ2n) is 4.97. The fraction of sp³-hybridized carbons (Fsp3) is 0.375. The second-order valence-corrected chi connectivity index (χ2v) is 4.97. The van der Waals surface area contributed by atoms with Crippen molar-refractivity contribution in [1.29, 1.82) is 0 Å². The number of hydrogen-bond donors (Lipinski definition) is 2. The van der Waals surface area contributed by atoms with Gasteiger partial charge < -0.3 is 20.2 Å². The normalized spacial score (nSPS) is 12.1. The molecule has 1 aromatic carbocycles. The molecule has 0 radical (unpaired) electrons. The smallest absolute Gasteiger partial charge is 0.123 e. The molecule has 0 bridgehead atoms. The second kappa shape index (κ2) is 6.89. The van der Waals surface area contributed by atoms with Gasteiger partial charge in [-0.3, -0.25) is 0 Å². The predicted molar refractivity (Wildman–Crippen MR) is 82.1 cm³/mol. The zero-order valence-corrected chi connectivity index (χ0v) is 12.1. The summed E-state index contributed by atoms with van der Waals surface area (Å²) in [4.78, 5) is 0. The van der Waals surface area contributed by atoms with E-state index in [2.05, 4.69) is 19.2 Å². The molecule has 0 aliphatic rings. The number of anilines is 2. The van der Waals surface area contributed by atoms with Crippen LogP contribution in [-0.2, 0) is 6.42 Å². The number of rotatable bonds is 7. The number of benzene rings is 1. The molecule has 1 aromatic heterocycles. The van der Waals surface area contributed by atoms with Gasteiger partial charge in [-0.05, 0) is 31.5 Å². The van der Waals surface area contributed by atoms with Gasteiger partial charge in [0.2, 0.25) is 0 Å². The van der Waals surface area contributed by atoms with Gasteiger partial charge in [0.1, 0.15) is 11.5 Å². The highest BCUT2D eigenvalue weighted by atomic mass is 16.5. The van der Waals surface area contributed by atoms with Gasteiger partial charge in [-0.15, -0.1) is 0 Å². The van der Waals surface area contributed by atoms with Gasteiger partial charge in [-0.2, -0.15) is 0 Å². The van der Waals surface area contributed by atoms with Crippen molar-refractivity contribution in [2.24, 2.45) is 0 Å². The quantitative estimate of drug-likeness (QED) is 0.756. The Labute approximate surface area is 119 Å². The number of nitrogen functional groups attached to an aromatic ring is 1. The summed E-state index contributed by atoms with van der Waals surface area (Å²) in [5.74, 6) is 1.77. The lowest BCUT2D eigenvalue weighted by Gasteiger charge is -2.16. The SMILES string of the molecule is CCCOc1cc(N)cc(NC(C)Cc2ccco2)c1. The van der Waals surface area contributed by atoms with Gasteiger partial charge in [0.05, 0.1) is 12.9 Å². The van der Waals surface area contributed by atoms with E-state index in [4.69, 9.17) is 14.9 Å². The van der Waals surface area contributed by atoms with Crippen molar-refractivity contribution >= 4 is 11.4 Å². The van der Waals surface area contributed by atoms with E-state index in [0.717, 1.165) is 30.0 Å². The number of nitrogens with two attached hydrogens (primary N) is 1. The number of ether oxygens (including phenoxy) is 1. The Kier molecular flexibility index (Phi) is 4.93. The molecule has 0 fully saturated rings. The van der Waals surface area contributed by atoms with Crippen LogP contribution in [0.5, 0.6) is 5.75 Å². The van der Waals surface area contributed by atoms with Crippen molar-refractivity contribution in [2.45, 2.75) is 32.7 Å². The first kappa shape index (κ1) is 14.3. The van der Waals surface area contributed by atoms with E-state index >= 15 is 0 Å². The summed E-state index contributed by atoms with van der Waals surface area (Å²) < 4.78 is 11.0. The first-order chi connectivity index (χ1) is 9.67. The van der Waals surface area contributed by atoms with E-state index in [-0.39, 0.29) is 6.04 Å². The molecule has 0 aliphatic carbocycles. The standard InChI is InChI=1S/C16H22N2O2/c1-3-6-19-16-10-13(17)9-14(11-16)18-12(2)8-15-5-4-7-20-15/h4-5,7,9-12,18H,3,6,8,17H2,1-2H3. The van der Waals surface area contributed by atoms with Crippen molar-refractivity contribution in [3.8, 4) is 5.75 Å². The van der Waals surface area contributed by atoms with E-state index in [1.54, 1.807) is 6.26 Å². The van der Waals surface area contributed by atoms with Crippen LogP contribution in [0.15, 0.2) is 41.0 Å². The maximum Gasteiger partial charge on any atom is 0.123 e. The minimum absolute atomic E-state index is 0.252. The molecule has 0 amide bonds. The first-order valence-electron chi connectivity index (χ1n) is 6.99. The molecule has 20 heavy (non-hydrogen) atoms. The molecular formula is C16H22N2O2. The van der Waals surface area contributed by atoms with Gasteiger partial charge in [0.15, 0.2) is 0 Å². The van der Waals surface area contributed by atoms with Crippen LogP contribution in [0, 0.1) is 0 Å². The Morgan fingerprint density at radius 3 is 2.90 bits per heavy atom. The highest BCUT2D eigenvalue weighted by Crippen LogP contribution is 2.23. The Balaban J connectivity index is 1.98. The van der Waals surface area contributed by atoms with Gasteiger partial charge in [-0.25, -0.2) is 0 Å². The Bertz CT molecular complexity index is 523. The van der Waals surface area contributed by atoms with E-state index in [0.29, 0.717) is 12.3 Å². The Hall–Kier alpha value is -2.10. The van der Waals surface area contributed by atoms with Gasteiger partial charge in [0, 0.05) is 36.0 Å². The molecular weight excluding hydrogens is 252 g/mol. The minimum atomic E-state index is 0.252. The molecule has 4 heteroatoms. The van der Waals surface area contributed by atoms with Crippen molar-refractivity contribution in [1.82, 2.24) is 0 Å². The van der Waals surface area contributed by atoms with Crippen LogP contribution in [0.1, 0.15) is 26.0 Å². The zero-order valence-electron chi connectivity index (χ0n) is 12.1. The summed E-state index contributed by atoms with van der Waals surface area (Å²) in [5.41, 5.74) is 7.57. The largest absolute Gasteiger partial charge is 0.493 e. The summed E-state index contributed by atoms with van der Waals surface area (Å²) in [5, 5.41) is 3.42. The lowest BCUT2D eigenvalue weighted by Crippen LogP contribution is -2.17. The maximum absolute atomic E-state index is 5.90. The number of hydrogen-bond acceptors (Lipinski definition) is 4. The number of furan rings is 1. The minimum Gasteiger partial charge on any atom is -0.493 e. The third kappa shape index (κ3) is 4.23. The highest BCUT2D eigenvalue weighted by Gasteiger charge is 2.07. The van der Waals surface area contributed by atoms with Crippen molar-refractivity contribution in [2.75, 3.05) is 17.7 Å². The van der Waals surface area contributed by atoms with Crippen LogP contribution in [0.2, 0.25) is 0 Å². The van der Waals surface area contributed by atoms with Crippen LogP contribution < -0.4 is 15.8 Å². The summed E-state index contributed by atoms with van der Waals surface area (Å²) >= 11 is 0. The van der Waals surface area contributed by atoms with Crippen LogP contribution >= 0.6 is 0 Å². The lowest BCUT2D eigenvalue weighted by molar-refractivity contribution is 0.318. The van der Waals surface area contributed by atoms with Crippen molar-refractivity contribution in [3.63, 3.8) is 0 Å². The van der Waals surface area contributed by atoms with Crippen LogP contribution in [0.4, 0.5) is 11.4 Å². The summed E-state index contributed by atoms with van der Waals surface area (Å²) in [7, 11) is 0. The van der Waals surface area contributed by atoms with Crippen LogP contribution in [-0.4, -0.2) is 12.6 Å².